The highest BCUT2D eigenvalue weighted by Crippen LogP contribution is 2.64. The van der Waals surface area contributed by atoms with E-state index in [0.29, 0.717) is 0 Å². The highest BCUT2D eigenvalue weighted by atomic mass is 32.1. The van der Waals surface area contributed by atoms with Crippen molar-refractivity contribution in [3.63, 3.8) is 0 Å². The molecule has 4 aromatic heterocycles. The van der Waals surface area contributed by atoms with E-state index in [1.165, 1.54) is 60.8 Å². The van der Waals surface area contributed by atoms with Crippen molar-refractivity contribution < 1.29 is 0 Å². The van der Waals surface area contributed by atoms with Crippen LogP contribution < -0.4 is 0 Å². The van der Waals surface area contributed by atoms with Gasteiger partial charge in [-0.15, -0.1) is 22.7 Å². The van der Waals surface area contributed by atoms with Gasteiger partial charge in [-0.25, -0.2) is 9.97 Å². The first kappa shape index (κ1) is 28.7. The molecule has 0 atom stereocenters. The van der Waals surface area contributed by atoms with Crippen LogP contribution in [0.5, 0.6) is 0 Å². The van der Waals surface area contributed by atoms with Gasteiger partial charge < -0.3 is 0 Å². The minimum atomic E-state index is -0.505. The normalized spacial score (nSPS) is 13.3. The van der Waals surface area contributed by atoms with Crippen LogP contribution in [0.2, 0.25) is 0 Å². The van der Waals surface area contributed by atoms with E-state index in [4.69, 9.17) is 9.97 Å². The Labute approximate surface area is 302 Å². The second-order valence-electron chi connectivity index (χ2n) is 13.0. The van der Waals surface area contributed by atoms with E-state index in [0.717, 1.165) is 38.1 Å². The van der Waals surface area contributed by atoms with E-state index in [2.05, 4.69) is 131 Å². The number of aromatic nitrogens is 4. The van der Waals surface area contributed by atoms with Crippen molar-refractivity contribution in [1.82, 2.24) is 19.9 Å². The van der Waals surface area contributed by atoms with Crippen LogP contribution in [0.3, 0.4) is 0 Å². The summed E-state index contributed by atoms with van der Waals surface area (Å²) < 4.78 is 0. The van der Waals surface area contributed by atoms with Crippen LogP contribution in [-0.4, -0.2) is 19.9 Å². The smallest absolute Gasteiger partial charge is 0.141 e. The minimum Gasteiger partial charge on any atom is -0.253 e. The van der Waals surface area contributed by atoms with Crippen molar-refractivity contribution in [3.05, 3.63) is 179 Å². The zero-order chi connectivity index (χ0) is 33.5. The summed E-state index contributed by atoms with van der Waals surface area (Å²) in [4.78, 5) is 18.7. The Bertz CT molecular complexity index is 2740. The maximum atomic E-state index is 4.90. The molecule has 238 valence electrons. The summed E-state index contributed by atoms with van der Waals surface area (Å²) in [6.07, 6.45) is 7.65. The van der Waals surface area contributed by atoms with Gasteiger partial charge in [0.25, 0.3) is 0 Å². The molecular weight excluding hydrogens is 661 g/mol. The van der Waals surface area contributed by atoms with Crippen molar-refractivity contribution in [3.8, 4) is 65.9 Å². The highest BCUT2D eigenvalue weighted by molar-refractivity contribution is 7.13. The predicted octanol–water partition coefficient (Wildman–Crippen LogP) is 11.6. The number of rotatable bonds is 4. The lowest BCUT2D eigenvalue weighted by Crippen LogP contribution is -2.26. The molecule has 0 N–H and O–H groups in total. The highest BCUT2D eigenvalue weighted by Gasteiger charge is 2.52. The van der Waals surface area contributed by atoms with Crippen LogP contribution in [0.25, 0.3) is 76.7 Å². The first-order chi connectivity index (χ1) is 25.3. The van der Waals surface area contributed by atoms with Gasteiger partial charge in [0.1, 0.15) is 10.0 Å². The second-order valence-corrected chi connectivity index (χ2v) is 14.8. The standard InChI is InChI=1S/C45H26N4S2/c1-2-10-33-30(7-1)35(29-15-18-41(49-26-29)44-47-20-22-51-44)24-39-42(33)34-16-13-27(28-14-17-40(48-25-28)43-46-19-21-50-43)23-38(34)45(39)36-11-5-3-8-31(36)32-9-4-6-12-37(32)45/h1-26H. The van der Waals surface area contributed by atoms with Crippen LogP contribution >= 0.6 is 22.7 Å². The molecule has 4 heterocycles. The van der Waals surface area contributed by atoms with Gasteiger partial charge in [0.15, 0.2) is 0 Å². The number of thiazole rings is 2. The Morgan fingerprint density at radius 3 is 1.61 bits per heavy atom. The number of nitrogens with zero attached hydrogens (tertiary/aromatic N) is 4. The fourth-order valence-corrected chi connectivity index (χ4v) is 9.71. The SMILES string of the molecule is c1ccc2c(c1)-c1ccccc1C21c2cc(-c3ccc(-c4nccs4)nc3)ccc2-c2c1cc(-c1ccc(-c3nccs3)nc1)c1ccccc21. The van der Waals surface area contributed by atoms with Gasteiger partial charge >= 0.3 is 0 Å². The molecule has 0 amide bonds. The molecule has 51 heavy (non-hydrogen) atoms. The van der Waals surface area contributed by atoms with Crippen molar-refractivity contribution in [1.29, 1.82) is 0 Å². The maximum absolute atomic E-state index is 4.90. The number of fused-ring (bicyclic) bond motifs is 12. The zero-order valence-electron chi connectivity index (χ0n) is 27.1. The molecule has 0 fully saturated rings. The third kappa shape index (κ3) is 4.06. The van der Waals surface area contributed by atoms with Gasteiger partial charge in [-0.2, -0.15) is 0 Å². The van der Waals surface area contributed by atoms with E-state index >= 15 is 0 Å². The Morgan fingerprint density at radius 1 is 0.412 bits per heavy atom. The molecule has 0 saturated heterocycles. The molecule has 2 aliphatic carbocycles. The molecular formula is C45H26N4S2. The van der Waals surface area contributed by atoms with Gasteiger partial charge in [0, 0.05) is 46.7 Å². The average Bonchev–Trinajstić information content (AvgIpc) is 4.02. The number of hydrogen-bond donors (Lipinski definition) is 0. The van der Waals surface area contributed by atoms with Crippen LogP contribution in [0, 0.1) is 0 Å². The van der Waals surface area contributed by atoms with E-state index in [-0.39, 0.29) is 0 Å². The van der Waals surface area contributed by atoms with Crippen LogP contribution in [-0.2, 0) is 5.41 Å². The minimum absolute atomic E-state index is 0.505. The quantitative estimate of drug-likeness (QED) is 0.185. The molecule has 0 saturated carbocycles. The lowest BCUT2D eigenvalue weighted by Gasteiger charge is -2.31. The number of benzene rings is 5. The summed E-state index contributed by atoms with van der Waals surface area (Å²) in [6.45, 7) is 0. The van der Waals surface area contributed by atoms with E-state index in [1.54, 1.807) is 22.7 Å². The van der Waals surface area contributed by atoms with Crippen molar-refractivity contribution >= 4 is 33.4 Å². The Balaban J connectivity index is 1.19. The molecule has 1 spiro atoms. The van der Waals surface area contributed by atoms with Crippen LogP contribution in [0.4, 0.5) is 0 Å². The predicted molar refractivity (Wildman–Crippen MR) is 209 cm³/mol. The topological polar surface area (TPSA) is 51.6 Å². The molecule has 4 nitrogen and oxygen atoms in total. The summed E-state index contributed by atoms with van der Waals surface area (Å²) in [6, 6.07) is 44.9. The van der Waals surface area contributed by atoms with Gasteiger partial charge in [0.2, 0.25) is 0 Å². The molecule has 0 aliphatic heterocycles. The second kappa shape index (κ2) is 11.0. The average molecular weight is 687 g/mol. The molecule has 5 aromatic carbocycles. The third-order valence-electron chi connectivity index (χ3n) is 10.6. The van der Waals surface area contributed by atoms with E-state index in [9.17, 15) is 0 Å². The zero-order valence-corrected chi connectivity index (χ0v) is 28.7. The van der Waals surface area contributed by atoms with Gasteiger partial charge in [0.05, 0.1) is 16.8 Å². The summed E-state index contributed by atoms with van der Waals surface area (Å²) >= 11 is 3.22. The third-order valence-corrected chi connectivity index (χ3v) is 12.2. The fourth-order valence-electron chi connectivity index (χ4n) is 8.48. The fraction of sp³-hybridized carbons (Fsp3) is 0.0222. The summed E-state index contributed by atoms with van der Waals surface area (Å²) in [5.74, 6) is 0. The Hall–Kier alpha value is -6.08. The summed E-state index contributed by atoms with van der Waals surface area (Å²) in [5.41, 5.74) is 16.2. The van der Waals surface area contributed by atoms with Crippen LogP contribution in [0.1, 0.15) is 22.3 Å². The summed E-state index contributed by atoms with van der Waals surface area (Å²) in [5, 5.41) is 8.30. The first-order valence-electron chi connectivity index (χ1n) is 16.9. The molecule has 0 radical (unpaired) electrons. The number of hydrogen-bond acceptors (Lipinski definition) is 6. The van der Waals surface area contributed by atoms with Gasteiger partial charge in [-0.1, -0.05) is 97.1 Å². The first-order valence-corrected chi connectivity index (χ1v) is 18.7. The Morgan fingerprint density at radius 2 is 1.00 bits per heavy atom. The monoisotopic (exact) mass is 686 g/mol. The molecule has 11 rings (SSSR count). The molecule has 9 aromatic rings. The lowest BCUT2D eigenvalue weighted by molar-refractivity contribution is 0.795. The van der Waals surface area contributed by atoms with E-state index < -0.39 is 5.41 Å². The molecule has 0 bridgehead atoms. The summed E-state index contributed by atoms with van der Waals surface area (Å²) in [7, 11) is 0. The van der Waals surface area contributed by atoms with Gasteiger partial charge in [-0.05, 0) is 90.7 Å². The largest absolute Gasteiger partial charge is 0.253 e. The number of pyridine rings is 2. The van der Waals surface area contributed by atoms with Crippen molar-refractivity contribution in [2.45, 2.75) is 5.41 Å². The molecule has 6 heteroatoms. The van der Waals surface area contributed by atoms with Crippen LogP contribution in [0.15, 0.2) is 157 Å². The molecule has 0 unspecified atom stereocenters. The maximum Gasteiger partial charge on any atom is 0.141 e. The van der Waals surface area contributed by atoms with Crippen molar-refractivity contribution in [2.75, 3.05) is 0 Å². The van der Waals surface area contributed by atoms with E-state index in [1.807, 2.05) is 35.5 Å². The molecule has 2 aliphatic rings. The van der Waals surface area contributed by atoms with Crippen molar-refractivity contribution in [2.24, 2.45) is 0 Å². The van der Waals surface area contributed by atoms with Gasteiger partial charge in [-0.3, -0.25) is 9.97 Å². The lowest BCUT2D eigenvalue weighted by atomic mass is 9.69. The Kier molecular flexibility index (Phi) is 6.17.